The fourth-order valence-electron chi connectivity index (χ4n) is 2.80. The van der Waals surface area contributed by atoms with Crippen molar-refractivity contribution in [2.24, 2.45) is 5.41 Å². The second kappa shape index (κ2) is 11.9. The van der Waals surface area contributed by atoms with Gasteiger partial charge in [-0.2, -0.15) is 0 Å². The van der Waals surface area contributed by atoms with Crippen molar-refractivity contribution in [3.63, 3.8) is 0 Å². The molecule has 0 bridgehead atoms. The largest absolute Gasteiger partial charge is 0.466 e. The number of esters is 3. The lowest BCUT2D eigenvalue weighted by atomic mass is 9.76. The number of hydrogen-bond acceptors (Lipinski definition) is 7. The average Bonchev–Trinajstić information content (AvgIpc) is 2.67. The molecule has 0 aromatic heterocycles. The Labute approximate surface area is 165 Å². The van der Waals surface area contributed by atoms with Gasteiger partial charge in [0.25, 0.3) is 0 Å². The molecule has 0 atom stereocenters. The second-order valence-electron chi connectivity index (χ2n) is 6.09. The van der Waals surface area contributed by atoms with Gasteiger partial charge in [-0.3, -0.25) is 19.2 Å². The maximum absolute atomic E-state index is 13.1. The van der Waals surface area contributed by atoms with Crippen LogP contribution in [0.3, 0.4) is 0 Å². The summed E-state index contributed by atoms with van der Waals surface area (Å²) in [5.41, 5.74) is -1.47. The van der Waals surface area contributed by atoms with Gasteiger partial charge in [0.05, 0.1) is 19.8 Å². The Morgan fingerprint density at radius 1 is 0.786 bits per heavy atom. The molecule has 154 valence electrons. The van der Waals surface area contributed by atoms with Crippen molar-refractivity contribution in [1.29, 1.82) is 0 Å². The minimum Gasteiger partial charge on any atom is -0.466 e. The highest BCUT2D eigenvalue weighted by atomic mass is 16.6. The summed E-state index contributed by atoms with van der Waals surface area (Å²) in [6.07, 6.45) is -0.132. The number of ether oxygens (including phenoxy) is 3. The summed E-state index contributed by atoms with van der Waals surface area (Å²) >= 11 is 0. The summed E-state index contributed by atoms with van der Waals surface area (Å²) < 4.78 is 15.0. The van der Waals surface area contributed by atoms with Gasteiger partial charge in [-0.05, 0) is 32.8 Å². The fraction of sp³-hybridized carbons (Fsp3) is 0.524. The topological polar surface area (TPSA) is 96.0 Å². The molecule has 0 spiro atoms. The van der Waals surface area contributed by atoms with E-state index in [2.05, 4.69) is 0 Å². The molecule has 0 aliphatic heterocycles. The van der Waals surface area contributed by atoms with Gasteiger partial charge in [0.1, 0.15) is 0 Å². The Hall–Kier alpha value is -2.70. The van der Waals surface area contributed by atoms with E-state index in [1.54, 1.807) is 51.1 Å². The van der Waals surface area contributed by atoms with Crippen LogP contribution >= 0.6 is 0 Å². The molecule has 1 rings (SSSR count). The first-order valence-corrected chi connectivity index (χ1v) is 9.49. The lowest BCUT2D eigenvalue weighted by Crippen LogP contribution is -2.50. The molecule has 1 aromatic carbocycles. The quantitative estimate of drug-likeness (QED) is 0.306. The van der Waals surface area contributed by atoms with Gasteiger partial charge in [0.2, 0.25) is 5.41 Å². The number of carbonyl (C=O) groups excluding carboxylic acids is 4. The summed E-state index contributed by atoms with van der Waals surface area (Å²) in [5, 5.41) is 0. The second-order valence-corrected chi connectivity index (χ2v) is 6.09. The molecule has 1 aromatic rings. The van der Waals surface area contributed by atoms with Crippen molar-refractivity contribution in [2.45, 2.75) is 46.5 Å². The number of Topliss-reactive ketones (excluding diaryl/α,β-unsaturated/α-hetero) is 1. The lowest BCUT2D eigenvalue weighted by molar-refractivity contribution is -0.174. The first kappa shape index (κ1) is 23.3. The van der Waals surface area contributed by atoms with Crippen LogP contribution in [-0.4, -0.2) is 43.5 Å². The van der Waals surface area contributed by atoms with Crippen molar-refractivity contribution in [3.05, 3.63) is 35.9 Å². The molecule has 0 radical (unpaired) electrons. The Balaban J connectivity index is 3.17. The third-order valence-corrected chi connectivity index (χ3v) is 4.13. The first-order valence-electron chi connectivity index (χ1n) is 9.49. The molecule has 7 nitrogen and oxygen atoms in total. The number of ketones is 1. The van der Waals surface area contributed by atoms with Gasteiger partial charge in [-0.15, -0.1) is 0 Å². The van der Waals surface area contributed by atoms with E-state index in [0.717, 1.165) is 0 Å². The number of benzene rings is 1. The predicted octanol–water partition coefficient (Wildman–Crippen LogP) is 2.64. The monoisotopic (exact) mass is 392 g/mol. The summed E-state index contributed by atoms with van der Waals surface area (Å²) in [6.45, 7) is 5.17. The van der Waals surface area contributed by atoms with Crippen molar-refractivity contribution in [2.75, 3.05) is 19.8 Å². The minimum absolute atomic E-state index is 0.0187. The molecule has 0 heterocycles. The SMILES string of the molecule is CCOC(=O)CCCC(=O)C(Cc1ccccc1)(C(=O)OCC)C(=O)OCC. The van der Waals surface area contributed by atoms with Crippen LogP contribution in [0.25, 0.3) is 0 Å². The van der Waals surface area contributed by atoms with Crippen molar-refractivity contribution in [3.8, 4) is 0 Å². The van der Waals surface area contributed by atoms with Crippen molar-refractivity contribution in [1.82, 2.24) is 0 Å². The van der Waals surface area contributed by atoms with Crippen LogP contribution in [0, 0.1) is 5.41 Å². The molecule has 0 N–H and O–H groups in total. The molecule has 0 aliphatic rings. The van der Waals surface area contributed by atoms with Crippen LogP contribution in [0.4, 0.5) is 0 Å². The van der Waals surface area contributed by atoms with E-state index in [0.29, 0.717) is 5.56 Å². The van der Waals surface area contributed by atoms with E-state index in [9.17, 15) is 19.2 Å². The zero-order chi connectivity index (χ0) is 21.0. The van der Waals surface area contributed by atoms with E-state index in [1.165, 1.54) is 0 Å². The van der Waals surface area contributed by atoms with Gasteiger partial charge in [0.15, 0.2) is 5.78 Å². The maximum atomic E-state index is 13.1. The van der Waals surface area contributed by atoms with E-state index in [4.69, 9.17) is 14.2 Å². The highest BCUT2D eigenvalue weighted by Gasteiger charge is 2.54. The Morgan fingerprint density at radius 3 is 1.82 bits per heavy atom. The Bertz CT molecular complexity index is 649. The molecule has 0 saturated heterocycles. The van der Waals surface area contributed by atoms with Gasteiger partial charge in [-0.1, -0.05) is 30.3 Å². The normalized spacial score (nSPS) is 10.8. The first-order chi connectivity index (χ1) is 13.4. The zero-order valence-corrected chi connectivity index (χ0v) is 16.7. The van der Waals surface area contributed by atoms with E-state index in [1.807, 2.05) is 0 Å². The van der Waals surface area contributed by atoms with Crippen LogP contribution in [0.2, 0.25) is 0 Å². The van der Waals surface area contributed by atoms with Crippen LogP contribution in [0.15, 0.2) is 30.3 Å². The van der Waals surface area contributed by atoms with Crippen LogP contribution in [0.5, 0.6) is 0 Å². The predicted molar refractivity (Wildman–Crippen MR) is 101 cm³/mol. The molecule has 0 amide bonds. The molecule has 0 saturated carbocycles. The Morgan fingerprint density at radius 2 is 1.32 bits per heavy atom. The van der Waals surface area contributed by atoms with Crippen LogP contribution in [-0.2, 0) is 39.8 Å². The molecule has 0 fully saturated rings. The molecular weight excluding hydrogens is 364 g/mol. The van der Waals surface area contributed by atoms with Gasteiger partial charge in [0, 0.05) is 19.3 Å². The van der Waals surface area contributed by atoms with E-state index >= 15 is 0 Å². The average molecular weight is 392 g/mol. The zero-order valence-electron chi connectivity index (χ0n) is 16.7. The highest BCUT2D eigenvalue weighted by molar-refractivity contribution is 6.20. The van der Waals surface area contributed by atoms with Crippen molar-refractivity contribution >= 4 is 23.7 Å². The Kier molecular flexibility index (Phi) is 9.92. The number of hydrogen-bond donors (Lipinski definition) is 0. The van der Waals surface area contributed by atoms with Crippen LogP contribution < -0.4 is 0 Å². The number of carbonyl (C=O) groups is 4. The highest BCUT2D eigenvalue weighted by Crippen LogP contribution is 2.31. The lowest BCUT2D eigenvalue weighted by Gasteiger charge is -2.28. The molecule has 0 aliphatic carbocycles. The summed E-state index contributed by atoms with van der Waals surface area (Å²) in [4.78, 5) is 50.2. The third kappa shape index (κ3) is 6.18. The summed E-state index contributed by atoms with van der Waals surface area (Å²) in [6, 6.07) is 8.74. The maximum Gasteiger partial charge on any atom is 0.331 e. The van der Waals surface area contributed by atoms with Crippen molar-refractivity contribution < 1.29 is 33.4 Å². The number of rotatable bonds is 12. The third-order valence-electron chi connectivity index (χ3n) is 4.13. The molecule has 28 heavy (non-hydrogen) atoms. The molecule has 7 heteroatoms. The smallest absolute Gasteiger partial charge is 0.331 e. The fourth-order valence-corrected chi connectivity index (χ4v) is 2.80. The summed E-state index contributed by atoms with van der Waals surface area (Å²) in [7, 11) is 0. The van der Waals surface area contributed by atoms with E-state index in [-0.39, 0.29) is 45.5 Å². The minimum atomic E-state index is -2.10. The van der Waals surface area contributed by atoms with E-state index < -0.39 is 29.1 Å². The van der Waals surface area contributed by atoms with Gasteiger partial charge < -0.3 is 14.2 Å². The van der Waals surface area contributed by atoms with Crippen LogP contribution in [0.1, 0.15) is 45.6 Å². The standard InChI is InChI=1S/C21H28O7/c1-4-26-18(23)14-10-13-17(22)21(19(24)27-5-2,20(25)28-6-3)15-16-11-8-7-9-12-16/h7-9,11-12H,4-6,10,13-15H2,1-3H3. The van der Waals surface area contributed by atoms with Gasteiger partial charge in [-0.25, -0.2) is 0 Å². The molecule has 0 unspecified atom stereocenters. The molecular formula is C21H28O7. The van der Waals surface area contributed by atoms with Gasteiger partial charge >= 0.3 is 17.9 Å². The summed E-state index contributed by atoms with van der Waals surface area (Å²) in [5.74, 6) is -2.93.